The molecule has 1 aliphatic rings. The molecule has 2 nitrogen and oxygen atoms in total. The molecule has 58 valence electrons. The van der Waals surface area contributed by atoms with Crippen LogP contribution in [-0.2, 0) is 9.84 Å². The second-order valence-corrected chi connectivity index (χ2v) is 3.44. The summed E-state index contributed by atoms with van der Waals surface area (Å²) < 4.78 is 21.0. The second kappa shape index (κ2) is 3.56. The molecule has 1 aliphatic heterocycles. The molecule has 0 aromatic heterocycles. The normalized spacial score (nSPS) is 19.3. The maximum absolute atomic E-state index is 10.5. The molecule has 0 saturated carbocycles. The molecule has 10 heavy (non-hydrogen) atoms. The Bertz CT molecular complexity index is 245. The first-order valence-corrected chi connectivity index (χ1v) is 4.82. The summed E-state index contributed by atoms with van der Waals surface area (Å²) in [6.07, 6.45) is 1.58. The predicted octanol–water partition coefficient (Wildman–Crippen LogP) is 1.86. The van der Waals surface area contributed by atoms with E-state index in [0.717, 1.165) is 5.57 Å². The molecule has 0 atom stereocenters. The molecule has 1 rings (SSSR count). The van der Waals surface area contributed by atoms with Crippen molar-refractivity contribution in [2.75, 3.05) is 0 Å². The molecule has 0 spiro atoms. The first kappa shape index (κ1) is 9.43. The molecule has 0 aromatic carbocycles. The molecule has 0 fully saturated rings. The average molecular weight is 160 g/mol. The van der Waals surface area contributed by atoms with Gasteiger partial charge in [-0.1, -0.05) is 13.8 Å². The quantitative estimate of drug-likeness (QED) is 0.542. The maximum Gasteiger partial charge on any atom is 0.193 e. The minimum atomic E-state index is -2.94. The van der Waals surface area contributed by atoms with E-state index >= 15 is 0 Å². The van der Waals surface area contributed by atoms with Gasteiger partial charge in [-0.2, -0.15) is 0 Å². The number of allylic oxidation sites excluding steroid dienone is 2. The third kappa shape index (κ3) is 2.82. The van der Waals surface area contributed by atoms with E-state index in [1.54, 1.807) is 13.0 Å². The Kier molecular flexibility index (Phi) is 3.36. The maximum atomic E-state index is 10.5. The van der Waals surface area contributed by atoms with Crippen LogP contribution in [0.4, 0.5) is 0 Å². The van der Waals surface area contributed by atoms with E-state index in [0.29, 0.717) is 0 Å². The molecule has 0 bridgehead atoms. The fourth-order valence-electron chi connectivity index (χ4n) is 0.540. The molecule has 0 aliphatic carbocycles. The van der Waals surface area contributed by atoms with Crippen LogP contribution in [-0.4, -0.2) is 8.42 Å². The first-order chi connectivity index (χ1) is 4.60. The summed E-state index contributed by atoms with van der Waals surface area (Å²) in [7, 11) is -2.94. The zero-order chi connectivity index (χ0) is 8.20. The van der Waals surface area contributed by atoms with E-state index in [1.807, 2.05) is 13.8 Å². The van der Waals surface area contributed by atoms with Crippen LogP contribution in [0.1, 0.15) is 20.8 Å². The van der Waals surface area contributed by atoms with Crippen molar-refractivity contribution in [1.29, 1.82) is 0 Å². The zero-order valence-electron chi connectivity index (χ0n) is 6.46. The number of hydrogen-bond donors (Lipinski definition) is 0. The Balaban J connectivity index is 0.000000371. The van der Waals surface area contributed by atoms with Gasteiger partial charge in [0.2, 0.25) is 0 Å². The van der Waals surface area contributed by atoms with Crippen LogP contribution in [0.2, 0.25) is 0 Å². The number of hydrogen-bond acceptors (Lipinski definition) is 2. The summed E-state index contributed by atoms with van der Waals surface area (Å²) >= 11 is 0. The SMILES string of the molecule is CC.CC1=CS(=O)(=O)C=C1. The standard InChI is InChI=1S/C5H6O2S.C2H6/c1-5-2-3-8(6,7)4-5;1-2/h2-4H,1H3;1-2H3. The van der Waals surface area contributed by atoms with Crippen molar-refractivity contribution in [2.45, 2.75) is 20.8 Å². The molecule has 0 N–H and O–H groups in total. The van der Waals surface area contributed by atoms with Crippen molar-refractivity contribution in [1.82, 2.24) is 0 Å². The van der Waals surface area contributed by atoms with Gasteiger partial charge in [0, 0.05) is 10.8 Å². The molecule has 0 aromatic rings. The summed E-state index contributed by atoms with van der Waals surface area (Å²) in [4.78, 5) is 0. The third-order valence-electron chi connectivity index (χ3n) is 0.871. The highest BCUT2D eigenvalue weighted by atomic mass is 32.2. The Hall–Kier alpha value is -0.570. The Labute approximate surface area is 62.2 Å². The van der Waals surface area contributed by atoms with Gasteiger partial charge < -0.3 is 0 Å². The van der Waals surface area contributed by atoms with E-state index < -0.39 is 9.84 Å². The highest BCUT2D eigenvalue weighted by molar-refractivity contribution is 7.97. The summed E-state index contributed by atoms with van der Waals surface area (Å²) in [5.74, 6) is 0. The van der Waals surface area contributed by atoms with E-state index in [1.165, 1.54) is 10.8 Å². The highest BCUT2D eigenvalue weighted by Gasteiger charge is 2.05. The number of sulfone groups is 1. The van der Waals surface area contributed by atoms with Crippen LogP contribution >= 0.6 is 0 Å². The molecule has 0 radical (unpaired) electrons. The topological polar surface area (TPSA) is 34.1 Å². The summed E-state index contributed by atoms with van der Waals surface area (Å²) in [5, 5.41) is 2.44. The minimum Gasteiger partial charge on any atom is -0.220 e. The number of rotatable bonds is 0. The van der Waals surface area contributed by atoms with E-state index in [2.05, 4.69) is 0 Å². The largest absolute Gasteiger partial charge is 0.220 e. The van der Waals surface area contributed by atoms with Crippen LogP contribution < -0.4 is 0 Å². The van der Waals surface area contributed by atoms with Crippen LogP contribution in [0, 0.1) is 0 Å². The smallest absolute Gasteiger partial charge is 0.193 e. The lowest BCUT2D eigenvalue weighted by Crippen LogP contribution is -1.81. The molecule has 0 amide bonds. The summed E-state index contributed by atoms with van der Waals surface area (Å²) in [6.45, 7) is 5.75. The third-order valence-corrected chi connectivity index (χ3v) is 2.09. The molecule has 1 heterocycles. The molecular weight excluding hydrogens is 148 g/mol. The molecule has 0 unspecified atom stereocenters. The van der Waals surface area contributed by atoms with Gasteiger partial charge in [0.1, 0.15) is 0 Å². The Morgan fingerprint density at radius 3 is 1.90 bits per heavy atom. The van der Waals surface area contributed by atoms with Gasteiger partial charge in [0.15, 0.2) is 9.84 Å². The first-order valence-electron chi connectivity index (χ1n) is 3.22. The Morgan fingerprint density at radius 1 is 1.30 bits per heavy atom. The Morgan fingerprint density at radius 2 is 1.80 bits per heavy atom. The van der Waals surface area contributed by atoms with Crippen molar-refractivity contribution in [3.05, 3.63) is 22.5 Å². The van der Waals surface area contributed by atoms with Crippen molar-refractivity contribution in [2.24, 2.45) is 0 Å². The summed E-state index contributed by atoms with van der Waals surface area (Å²) in [6, 6.07) is 0. The average Bonchev–Trinajstić information content (AvgIpc) is 2.15. The van der Waals surface area contributed by atoms with Crippen molar-refractivity contribution in [3.8, 4) is 0 Å². The van der Waals surface area contributed by atoms with Gasteiger partial charge in [-0.3, -0.25) is 0 Å². The van der Waals surface area contributed by atoms with Gasteiger partial charge in [-0.05, 0) is 18.6 Å². The summed E-state index contributed by atoms with van der Waals surface area (Å²) in [5.41, 5.74) is 0.796. The molecular formula is C7H12O2S. The van der Waals surface area contributed by atoms with Crippen LogP contribution in [0.25, 0.3) is 0 Å². The van der Waals surface area contributed by atoms with E-state index in [-0.39, 0.29) is 0 Å². The fourth-order valence-corrected chi connectivity index (χ4v) is 1.62. The van der Waals surface area contributed by atoms with Crippen LogP contribution in [0.3, 0.4) is 0 Å². The van der Waals surface area contributed by atoms with Gasteiger partial charge in [0.25, 0.3) is 0 Å². The zero-order valence-corrected chi connectivity index (χ0v) is 7.27. The van der Waals surface area contributed by atoms with Crippen molar-refractivity contribution >= 4 is 9.84 Å². The van der Waals surface area contributed by atoms with Gasteiger partial charge in [0.05, 0.1) is 0 Å². The van der Waals surface area contributed by atoms with E-state index in [4.69, 9.17) is 0 Å². The molecule has 0 saturated heterocycles. The van der Waals surface area contributed by atoms with Gasteiger partial charge in [-0.25, -0.2) is 8.42 Å². The van der Waals surface area contributed by atoms with Gasteiger partial charge >= 0.3 is 0 Å². The second-order valence-electron chi connectivity index (χ2n) is 1.75. The van der Waals surface area contributed by atoms with E-state index in [9.17, 15) is 8.42 Å². The lowest BCUT2D eigenvalue weighted by molar-refractivity contribution is 0.613. The van der Waals surface area contributed by atoms with Crippen molar-refractivity contribution < 1.29 is 8.42 Å². The lowest BCUT2D eigenvalue weighted by atomic mass is 10.4. The fraction of sp³-hybridized carbons (Fsp3) is 0.429. The molecule has 3 heteroatoms. The van der Waals surface area contributed by atoms with Crippen LogP contribution in [0.15, 0.2) is 22.5 Å². The monoisotopic (exact) mass is 160 g/mol. The van der Waals surface area contributed by atoms with Crippen LogP contribution in [0.5, 0.6) is 0 Å². The van der Waals surface area contributed by atoms with Crippen molar-refractivity contribution in [3.63, 3.8) is 0 Å². The lowest BCUT2D eigenvalue weighted by Gasteiger charge is -1.76. The van der Waals surface area contributed by atoms with Gasteiger partial charge in [-0.15, -0.1) is 0 Å². The highest BCUT2D eigenvalue weighted by Crippen LogP contribution is 2.10. The minimum absolute atomic E-state index is 0.796. The predicted molar refractivity (Wildman–Crippen MR) is 43.2 cm³/mol.